The summed E-state index contributed by atoms with van der Waals surface area (Å²) >= 11 is 0. The van der Waals surface area contributed by atoms with E-state index >= 15 is 0 Å². The van der Waals surface area contributed by atoms with Crippen molar-refractivity contribution < 1.29 is 0 Å². The molecule has 38 heavy (non-hydrogen) atoms. The van der Waals surface area contributed by atoms with Crippen molar-refractivity contribution in [1.82, 2.24) is 35.1 Å². The van der Waals surface area contributed by atoms with Crippen LogP contribution < -0.4 is 10.2 Å². The summed E-state index contributed by atoms with van der Waals surface area (Å²) < 4.78 is 1.97. The number of nitrogens with zero attached hydrogens (tertiary/aromatic N) is 7. The Kier molecular flexibility index (Phi) is 6.38. The molecule has 1 spiro atoms. The number of hydrogen-bond acceptors (Lipinski definition) is 7. The van der Waals surface area contributed by atoms with Crippen LogP contribution in [0.2, 0.25) is 0 Å². The summed E-state index contributed by atoms with van der Waals surface area (Å²) in [6.07, 6.45) is 23.9. The highest BCUT2D eigenvalue weighted by molar-refractivity contribution is 5.64. The highest BCUT2D eigenvalue weighted by atomic mass is 15.5. The molecule has 0 amide bonds. The zero-order valence-electron chi connectivity index (χ0n) is 22.8. The number of aromatic nitrogens is 4. The minimum atomic E-state index is 0.0912. The summed E-state index contributed by atoms with van der Waals surface area (Å²) in [5.74, 6) is 0.923. The van der Waals surface area contributed by atoms with Gasteiger partial charge in [0.15, 0.2) is 0 Å². The zero-order valence-corrected chi connectivity index (χ0v) is 22.8. The third-order valence-electron chi connectivity index (χ3n) is 9.88. The van der Waals surface area contributed by atoms with Crippen LogP contribution in [0, 0.1) is 11.3 Å². The number of allylic oxidation sites excluding steroid dienone is 1. The number of nitrogens with one attached hydrogen (secondary N) is 1. The molecule has 2 aromatic heterocycles. The second-order valence-electron chi connectivity index (χ2n) is 12.5. The van der Waals surface area contributed by atoms with Gasteiger partial charge < -0.3 is 20.0 Å². The Bertz CT molecular complexity index is 1180. The lowest BCUT2D eigenvalue weighted by Crippen LogP contribution is -2.59. The second kappa shape index (κ2) is 10.0. The van der Waals surface area contributed by atoms with E-state index in [0.717, 1.165) is 36.8 Å². The van der Waals surface area contributed by atoms with Crippen molar-refractivity contribution in [2.75, 3.05) is 44.2 Å². The van der Waals surface area contributed by atoms with Gasteiger partial charge in [-0.2, -0.15) is 0 Å². The van der Waals surface area contributed by atoms with Crippen LogP contribution in [0.15, 0.2) is 48.7 Å². The summed E-state index contributed by atoms with van der Waals surface area (Å²) in [5.41, 5.74) is 5.10. The normalized spacial score (nSPS) is 25.6. The number of piperidine rings is 1. The van der Waals surface area contributed by atoms with Crippen LogP contribution in [0.3, 0.4) is 0 Å². The first kappa shape index (κ1) is 24.2. The average molecular weight is 515 g/mol. The van der Waals surface area contributed by atoms with Gasteiger partial charge in [0.05, 0.1) is 18.1 Å². The van der Waals surface area contributed by atoms with Gasteiger partial charge in [-0.05, 0) is 76.1 Å². The summed E-state index contributed by atoms with van der Waals surface area (Å²) in [4.78, 5) is 11.9. The zero-order chi connectivity index (χ0) is 25.5. The molecule has 2 saturated carbocycles. The summed E-state index contributed by atoms with van der Waals surface area (Å²) in [5, 5.41) is 12.9. The van der Waals surface area contributed by atoms with Crippen molar-refractivity contribution in [2.24, 2.45) is 11.3 Å². The van der Waals surface area contributed by atoms with Crippen molar-refractivity contribution in [3.63, 3.8) is 0 Å². The lowest BCUT2D eigenvalue weighted by atomic mass is 9.63. The third-order valence-corrected chi connectivity index (χ3v) is 9.88. The number of rotatable bonds is 8. The Morgan fingerprint density at radius 3 is 2.71 bits per heavy atom. The van der Waals surface area contributed by atoms with Gasteiger partial charge in [0, 0.05) is 67.8 Å². The van der Waals surface area contributed by atoms with Crippen molar-refractivity contribution in [2.45, 2.75) is 70.5 Å². The molecule has 2 atom stereocenters. The third kappa shape index (κ3) is 4.72. The van der Waals surface area contributed by atoms with E-state index in [1.807, 2.05) is 17.1 Å². The minimum absolute atomic E-state index is 0.0912. The SMILES string of the molecule is CC(N1C=CC(N2CCC[C@@H](NCC3CCC3)C2)=CC1)n1cc(-c2cncc(N3CC4(CCC4)C3)c2)nn1. The maximum atomic E-state index is 4.53. The molecular formula is C30H42N8. The highest BCUT2D eigenvalue weighted by Gasteiger charge is 2.47. The fourth-order valence-electron chi connectivity index (χ4n) is 6.84. The molecule has 2 aromatic rings. The van der Waals surface area contributed by atoms with Gasteiger partial charge in [-0.3, -0.25) is 4.98 Å². The summed E-state index contributed by atoms with van der Waals surface area (Å²) in [7, 11) is 0. The molecule has 0 radical (unpaired) electrons. The monoisotopic (exact) mass is 514 g/mol. The first-order valence-corrected chi connectivity index (χ1v) is 14.9. The fraction of sp³-hybridized carbons (Fsp3) is 0.633. The van der Waals surface area contributed by atoms with Gasteiger partial charge in [-0.15, -0.1) is 5.10 Å². The van der Waals surface area contributed by atoms with Crippen LogP contribution in [-0.4, -0.2) is 75.1 Å². The molecule has 2 aliphatic carbocycles. The van der Waals surface area contributed by atoms with E-state index in [1.165, 1.54) is 82.4 Å². The number of pyridine rings is 1. The predicted octanol–water partition coefficient (Wildman–Crippen LogP) is 4.42. The first-order chi connectivity index (χ1) is 18.6. The average Bonchev–Trinajstić information content (AvgIpc) is 3.37. The van der Waals surface area contributed by atoms with Crippen LogP contribution in [0.25, 0.3) is 11.3 Å². The van der Waals surface area contributed by atoms with Crippen LogP contribution >= 0.6 is 0 Å². The van der Waals surface area contributed by atoms with Gasteiger partial charge in [0.2, 0.25) is 0 Å². The van der Waals surface area contributed by atoms with Crippen molar-refractivity contribution in [3.8, 4) is 11.3 Å². The smallest absolute Gasteiger partial charge is 0.121 e. The molecule has 4 fully saturated rings. The van der Waals surface area contributed by atoms with Crippen molar-refractivity contribution >= 4 is 5.69 Å². The minimum Gasteiger partial charge on any atom is -0.370 e. The topological polar surface area (TPSA) is 65.3 Å². The first-order valence-electron chi connectivity index (χ1n) is 14.9. The van der Waals surface area contributed by atoms with Crippen LogP contribution in [0.1, 0.15) is 64.5 Å². The lowest BCUT2D eigenvalue weighted by molar-refractivity contribution is 0.0904. The molecule has 2 saturated heterocycles. The van der Waals surface area contributed by atoms with Crippen LogP contribution in [0.5, 0.6) is 0 Å². The Morgan fingerprint density at radius 2 is 1.97 bits per heavy atom. The number of anilines is 1. The molecule has 0 aromatic carbocycles. The van der Waals surface area contributed by atoms with Gasteiger partial charge in [-0.25, -0.2) is 4.68 Å². The molecule has 3 aliphatic heterocycles. The van der Waals surface area contributed by atoms with Crippen molar-refractivity contribution in [3.05, 3.63) is 48.7 Å². The molecule has 0 bridgehead atoms. The molecule has 202 valence electrons. The predicted molar refractivity (Wildman–Crippen MR) is 150 cm³/mol. The van der Waals surface area contributed by atoms with Gasteiger partial charge in [0.1, 0.15) is 11.9 Å². The van der Waals surface area contributed by atoms with E-state index in [-0.39, 0.29) is 6.17 Å². The molecule has 8 heteroatoms. The van der Waals surface area contributed by atoms with Gasteiger partial charge >= 0.3 is 0 Å². The molecule has 1 N–H and O–H groups in total. The molecular weight excluding hydrogens is 472 g/mol. The van der Waals surface area contributed by atoms with Gasteiger partial charge in [0.25, 0.3) is 0 Å². The molecule has 7 rings (SSSR count). The largest absolute Gasteiger partial charge is 0.370 e. The number of hydrogen-bond donors (Lipinski definition) is 1. The Labute approximate surface area is 226 Å². The molecule has 5 heterocycles. The lowest BCUT2D eigenvalue weighted by Gasteiger charge is -2.56. The molecule has 1 unspecified atom stereocenters. The number of likely N-dealkylation sites (tertiary alicyclic amines) is 1. The van der Waals surface area contributed by atoms with E-state index in [2.05, 4.69) is 72.9 Å². The van der Waals surface area contributed by atoms with E-state index in [1.54, 1.807) is 0 Å². The van der Waals surface area contributed by atoms with E-state index < -0.39 is 0 Å². The van der Waals surface area contributed by atoms with E-state index in [9.17, 15) is 0 Å². The van der Waals surface area contributed by atoms with Crippen LogP contribution in [-0.2, 0) is 0 Å². The fourth-order valence-corrected chi connectivity index (χ4v) is 6.84. The maximum Gasteiger partial charge on any atom is 0.121 e. The second-order valence-corrected chi connectivity index (χ2v) is 12.5. The van der Waals surface area contributed by atoms with E-state index in [0.29, 0.717) is 11.5 Å². The highest BCUT2D eigenvalue weighted by Crippen LogP contribution is 2.49. The Balaban J connectivity index is 0.946. The Morgan fingerprint density at radius 1 is 1.08 bits per heavy atom. The maximum absolute atomic E-state index is 4.53. The van der Waals surface area contributed by atoms with Crippen LogP contribution in [0.4, 0.5) is 5.69 Å². The standard InChI is InChI=1S/C30H42N8/c1-23(35-13-8-27(9-14-35)36-12-3-7-26(19-36)32-16-24-5-2-6-24)38-20-29(33-34-38)25-15-28(18-31-17-25)37-21-30(22-37)10-4-11-30/h8-9,13,15,17-18,20,23-24,26,32H,2-7,10-12,14,16,19,21-22H2,1H3/t23?,26-/m1/s1. The Hall–Kier alpha value is -2.87. The quantitative estimate of drug-likeness (QED) is 0.560. The molecule has 5 aliphatic rings. The van der Waals surface area contributed by atoms with Crippen molar-refractivity contribution in [1.29, 1.82) is 0 Å². The van der Waals surface area contributed by atoms with E-state index in [4.69, 9.17) is 0 Å². The summed E-state index contributed by atoms with van der Waals surface area (Å²) in [6.45, 7) is 8.91. The summed E-state index contributed by atoms with van der Waals surface area (Å²) in [6, 6.07) is 2.85. The molecule has 8 nitrogen and oxygen atoms in total. The van der Waals surface area contributed by atoms with Gasteiger partial charge in [-0.1, -0.05) is 18.1 Å².